The van der Waals surface area contributed by atoms with Crippen molar-refractivity contribution in [1.29, 1.82) is 0 Å². The lowest BCUT2D eigenvalue weighted by Crippen LogP contribution is -2.47. The van der Waals surface area contributed by atoms with Gasteiger partial charge in [-0.05, 0) is 44.1 Å². The molecule has 1 aliphatic rings. The van der Waals surface area contributed by atoms with Crippen LogP contribution in [-0.4, -0.2) is 24.5 Å². The molecule has 2 unspecified atom stereocenters. The molecule has 0 aromatic carbocycles. The minimum Gasteiger partial charge on any atom is -0.354 e. The van der Waals surface area contributed by atoms with E-state index < -0.39 is 0 Å². The van der Waals surface area contributed by atoms with Crippen molar-refractivity contribution >= 4 is 5.91 Å². The van der Waals surface area contributed by atoms with Crippen LogP contribution in [0.4, 0.5) is 0 Å². The van der Waals surface area contributed by atoms with Gasteiger partial charge in [0.15, 0.2) is 0 Å². The third-order valence-electron chi connectivity index (χ3n) is 3.63. The average Bonchev–Trinajstić information content (AvgIpc) is 2.60. The van der Waals surface area contributed by atoms with E-state index in [-0.39, 0.29) is 11.4 Å². The van der Waals surface area contributed by atoms with Crippen molar-refractivity contribution in [3.8, 4) is 0 Å². The number of hydrogen-bond acceptors (Lipinski definition) is 2. The highest BCUT2D eigenvalue weighted by Crippen LogP contribution is 2.25. The Morgan fingerprint density at radius 2 is 2.11 bits per heavy atom. The molecule has 1 fully saturated rings. The molecule has 2 atom stereocenters. The van der Waals surface area contributed by atoms with Crippen molar-refractivity contribution in [1.82, 2.24) is 10.6 Å². The molecular weight excluding hydrogens is 224 g/mol. The molecule has 1 aliphatic heterocycles. The summed E-state index contributed by atoms with van der Waals surface area (Å²) in [5.74, 6) is 0.649. The summed E-state index contributed by atoms with van der Waals surface area (Å²) < 4.78 is 0. The molecule has 0 aliphatic carbocycles. The van der Waals surface area contributed by atoms with Gasteiger partial charge in [-0.3, -0.25) is 4.79 Å². The molecule has 18 heavy (non-hydrogen) atoms. The zero-order valence-corrected chi connectivity index (χ0v) is 12.7. The van der Waals surface area contributed by atoms with Crippen LogP contribution in [0.3, 0.4) is 0 Å². The van der Waals surface area contributed by atoms with Crippen LogP contribution in [0.15, 0.2) is 0 Å². The molecule has 0 radical (unpaired) electrons. The Hall–Kier alpha value is -0.570. The molecule has 106 valence electrons. The SMILES string of the molecule is CC(CC(=O)NCC1(C)CCCN1)CC(C)(C)C. The lowest BCUT2D eigenvalue weighted by atomic mass is 9.84. The largest absolute Gasteiger partial charge is 0.354 e. The molecule has 0 saturated carbocycles. The first-order valence-corrected chi connectivity index (χ1v) is 7.22. The van der Waals surface area contributed by atoms with Crippen LogP contribution in [0.5, 0.6) is 0 Å². The molecule has 0 spiro atoms. The van der Waals surface area contributed by atoms with Gasteiger partial charge in [-0.25, -0.2) is 0 Å². The van der Waals surface area contributed by atoms with Gasteiger partial charge in [-0.2, -0.15) is 0 Å². The smallest absolute Gasteiger partial charge is 0.220 e. The van der Waals surface area contributed by atoms with Crippen LogP contribution in [0, 0.1) is 11.3 Å². The quantitative estimate of drug-likeness (QED) is 0.792. The summed E-state index contributed by atoms with van der Waals surface area (Å²) in [7, 11) is 0. The molecule has 1 heterocycles. The van der Waals surface area contributed by atoms with E-state index in [9.17, 15) is 4.79 Å². The zero-order valence-electron chi connectivity index (χ0n) is 12.7. The molecule has 1 saturated heterocycles. The fourth-order valence-electron chi connectivity index (χ4n) is 2.91. The summed E-state index contributed by atoms with van der Waals surface area (Å²) in [5, 5.41) is 6.55. The summed E-state index contributed by atoms with van der Waals surface area (Å²) in [6, 6.07) is 0. The van der Waals surface area contributed by atoms with Crippen molar-refractivity contribution in [2.75, 3.05) is 13.1 Å². The molecule has 3 heteroatoms. The van der Waals surface area contributed by atoms with Gasteiger partial charge >= 0.3 is 0 Å². The number of nitrogens with one attached hydrogen (secondary N) is 2. The molecule has 0 aromatic rings. The zero-order chi connectivity index (χ0) is 13.8. The van der Waals surface area contributed by atoms with Crippen LogP contribution in [0.2, 0.25) is 0 Å². The summed E-state index contributed by atoms with van der Waals surface area (Å²) in [6.07, 6.45) is 4.11. The number of amides is 1. The van der Waals surface area contributed by atoms with Crippen LogP contribution in [0.25, 0.3) is 0 Å². The monoisotopic (exact) mass is 254 g/mol. The normalized spacial score (nSPS) is 26.1. The number of hydrogen-bond donors (Lipinski definition) is 2. The Balaban J connectivity index is 2.25. The van der Waals surface area contributed by atoms with E-state index in [0.29, 0.717) is 17.8 Å². The Morgan fingerprint density at radius 1 is 1.44 bits per heavy atom. The van der Waals surface area contributed by atoms with Crippen molar-refractivity contribution in [2.45, 2.75) is 65.8 Å². The number of carbonyl (C=O) groups is 1. The summed E-state index contributed by atoms with van der Waals surface area (Å²) in [5.41, 5.74) is 0.418. The fraction of sp³-hybridized carbons (Fsp3) is 0.933. The highest BCUT2D eigenvalue weighted by molar-refractivity contribution is 5.76. The first-order valence-electron chi connectivity index (χ1n) is 7.22. The maximum absolute atomic E-state index is 11.9. The number of rotatable bonds is 5. The summed E-state index contributed by atoms with van der Waals surface area (Å²) in [4.78, 5) is 11.9. The molecular formula is C15H30N2O. The average molecular weight is 254 g/mol. The van der Waals surface area contributed by atoms with Gasteiger partial charge in [0.2, 0.25) is 5.91 Å². The first kappa shape index (κ1) is 15.5. The van der Waals surface area contributed by atoms with Crippen LogP contribution in [-0.2, 0) is 4.79 Å². The van der Waals surface area contributed by atoms with Crippen molar-refractivity contribution in [3.05, 3.63) is 0 Å². The van der Waals surface area contributed by atoms with Gasteiger partial charge in [0.05, 0.1) is 0 Å². The second-order valence-electron chi connectivity index (χ2n) is 7.44. The summed E-state index contributed by atoms with van der Waals surface area (Å²) in [6.45, 7) is 12.9. The molecule has 1 amide bonds. The first-order chi connectivity index (χ1) is 8.20. The van der Waals surface area contributed by atoms with E-state index in [1.54, 1.807) is 0 Å². The van der Waals surface area contributed by atoms with Gasteiger partial charge in [-0.1, -0.05) is 27.7 Å². The fourth-order valence-corrected chi connectivity index (χ4v) is 2.91. The van der Waals surface area contributed by atoms with E-state index in [2.05, 4.69) is 45.3 Å². The predicted octanol–water partition coefficient (Wildman–Crippen LogP) is 2.71. The van der Waals surface area contributed by atoms with E-state index in [1.165, 1.54) is 6.42 Å². The topological polar surface area (TPSA) is 41.1 Å². The Bertz CT molecular complexity index is 275. The highest BCUT2D eigenvalue weighted by atomic mass is 16.1. The minimum absolute atomic E-state index is 0.114. The molecule has 0 aromatic heterocycles. The third kappa shape index (κ3) is 5.85. The second-order valence-corrected chi connectivity index (χ2v) is 7.44. The van der Waals surface area contributed by atoms with Crippen LogP contribution >= 0.6 is 0 Å². The van der Waals surface area contributed by atoms with Crippen molar-refractivity contribution in [2.24, 2.45) is 11.3 Å². The Kier molecular flexibility index (Phi) is 5.20. The van der Waals surface area contributed by atoms with Crippen molar-refractivity contribution < 1.29 is 4.79 Å². The van der Waals surface area contributed by atoms with Gasteiger partial charge in [0.25, 0.3) is 0 Å². The Morgan fingerprint density at radius 3 is 2.61 bits per heavy atom. The predicted molar refractivity (Wildman–Crippen MR) is 76.5 cm³/mol. The molecule has 0 bridgehead atoms. The molecule has 1 rings (SSSR count). The molecule has 3 nitrogen and oxygen atoms in total. The lowest BCUT2D eigenvalue weighted by molar-refractivity contribution is -0.122. The van der Waals surface area contributed by atoms with E-state index >= 15 is 0 Å². The van der Waals surface area contributed by atoms with Crippen molar-refractivity contribution in [3.63, 3.8) is 0 Å². The number of carbonyl (C=O) groups excluding carboxylic acids is 1. The van der Waals surface area contributed by atoms with Gasteiger partial charge < -0.3 is 10.6 Å². The maximum Gasteiger partial charge on any atom is 0.220 e. The standard InChI is InChI=1S/C15H30N2O/c1-12(10-14(2,3)4)9-13(18)16-11-15(5)7-6-8-17-15/h12,17H,6-11H2,1-5H3,(H,16,18). The summed E-state index contributed by atoms with van der Waals surface area (Å²) >= 11 is 0. The van der Waals surface area contributed by atoms with Gasteiger partial charge in [-0.15, -0.1) is 0 Å². The maximum atomic E-state index is 11.9. The third-order valence-corrected chi connectivity index (χ3v) is 3.63. The van der Waals surface area contributed by atoms with Gasteiger partial charge in [0.1, 0.15) is 0 Å². The second kappa shape index (κ2) is 6.05. The molecule has 2 N–H and O–H groups in total. The Labute approximate surface area is 112 Å². The van der Waals surface area contributed by atoms with Crippen LogP contribution in [0.1, 0.15) is 60.3 Å². The van der Waals surface area contributed by atoms with Gasteiger partial charge in [0, 0.05) is 18.5 Å². The lowest BCUT2D eigenvalue weighted by Gasteiger charge is -2.26. The highest BCUT2D eigenvalue weighted by Gasteiger charge is 2.28. The minimum atomic E-state index is 0.114. The van der Waals surface area contributed by atoms with E-state index in [4.69, 9.17) is 0 Å². The van der Waals surface area contributed by atoms with E-state index in [1.807, 2.05) is 0 Å². The van der Waals surface area contributed by atoms with E-state index in [0.717, 1.165) is 25.9 Å². The van der Waals surface area contributed by atoms with Crippen LogP contribution < -0.4 is 10.6 Å².